The Morgan fingerprint density at radius 3 is 2.37 bits per heavy atom. The highest BCUT2D eigenvalue weighted by Crippen LogP contribution is 2.33. The van der Waals surface area contributed by atoms with Crippen molar-refractivity contribution >= 4 is 34.9 Å². The van der Waals surface area contributed by atoms with E-state index < -0.39 is 6.03 Å². The summed E-state index contributed by atoms with van der Waals surface area (Å²) in [5.41, 5.74) is 3.64. The van der Waals surface area contributed by atoms with Crippen molar-refractivity contribution in [3.63, 3.8) is 0 Å². The molecule has 0 aliphatic carbocycles. The summed E-state index contributed by atoms with van der Waals surface area (Å²) in [6, 6.07) is 21.6. The van der Waals surface area contributed by atoms with E-state index in [2.05, 4.69) is 10.6 Å². The van der Waals surface area contributed by atoms with E-state index in [0.29, 0.717) is 29.4 Å². The van der Waals surface area contributed by atoms with Crippen LogP contribution in [0.2, 0.25) is 0 Å². The summed E-state index contributed by atoms with van der Waals surface area (Å²) in [5.74, 6) is 0.0644. The van der Waals surface area contributed by atoms with E-state index in [1.54, 1.807) is 24.3 Å². The predicted octanol–water partition coefficient (Wildman–Crippen LogP) is 4.10. The smallest absolute Gasteiger partial charge is 0.326 e. The third-order valence-electron chi connectivity index (χ3n) is 5.66. The maximum absolute atomic E-state index is 13.0. The minimum Gasteiger partial charge on any atom is -0.494 e. The SMILES string of the molecule is CCOc1ccccc1CNC(=O)CN1C(=O)CN(C(=O)Nc2ccc(C)cc2)c2ccccc21. The molecule has 3 aromatic carbocycles. The standard InChI is InChI=1S/C27H28N4O4/c1-3-35-24-11-7-4-8-20(24)16-28-25(32)17-30-22-9-5-6-10-23(22)31(18-26(30)33)27(34)29-21-14-12-19(2)13-15-21/h4-15H,3,16-18H2,1-2H3,(H,28,32)(H,29,34). The number of amides is 4. The molecule has 4 amide bonds. The molecule has 0 aromatic heterocycles. The summed E-state index contributed by atoms with van der Waals surface area (Å²) in [4.78, 5) is 41.6. The number of anilines is 3. The van der Waals surface area contributed by atoms with E-state index in [1.807, 2.05) is 62.4 Å². The van der Waals surface area contributed by atoms with E-state index in [0.717, 1.165) is 11.1 Å². The molecule has 8 heteroatoms. The molecule has 0 saturated carbocycles. The van der Waals surface area contributed by atoms with Crippen LogP contribution in [0.4, 0.5) is 21.9 Å². The van der Waals surface area contributed by atoms with E-state index in [4.69, 9.17) is 4.74 Å². The van der Waals surface area contributed by atoms with Crippen molar-refractivity contribution in [1.82, 2.24) is 5.32 Å². The van der Waals surface area contributed by atoms with Crippen molar-refractivity contribution in [2.75, 3.05) is 34.8 Å². The number of rotatable bonds is 7. The molecule has 180 valence electrons. The normalized spacial score (nSPS) is 12.7. The first-order chi connectivity index (χ1) is 17.0. The number of hydrogen-bond acceptors (Lipinski definition) is 4. The molecule has 3 aromatic rings. The molecule has 2 N–H and O–H groups in total. The fraction of sp³-hybridized carbons (Fsp3) is 0.222. The number of fused-ring (bicyclic) bond motifs is 1. The van der Waals surface area contributed by atoms with Crippen molar-refractivity contribution in [1.29, 1.82) is 0 Å². The Hall–Kier alpha value is -4.33. The van der Waals surface area contributed by atoms with Crippen molar-refractivity contribution in [2.45, 2.75) is 20.4 Å². The van der Waals surface area contributed by atoms with Gasteiger partial charge in [-0.2, -0.15) is 0 Å². The van der Waals surface area contributed by atoms with Crippen LogP contribution in [-0.2, 0) is 16.1 Å². The highest BCUT2D eigenvalue weighted by molar-refractivity contribution is 6.15. The number of carbonyl (C=O) groups excluding carboxylic acids is 3. The van der Waals surface area contributed by atoms with Crippen LogP contribution in [0.5, 0.6) is 5.75 Å². The van der Waals surface area contributed by atoms with Crippen LogP contribution in [-0.4, -0.2) is 37.5 Å². The van der Waals surface area contributed by atoms with Crippen LogP contribution in [0.15, 0.2) is 72.8 Å². The van der Waals surface area contributed by atoms with Gasteiger partial charge in [0, 0.05) is 17.8 Å². The van der Waals surface area contributed by atoms with Gasteiger partial charge in [-0.1, -0.05) is 48.0 Å². The van der Waals surface area contributed by atoms with Crippen LogP contribution in [0.3, 0.4) is 0 Å². The van der Waals surface area contributed by atoms with E-state index in [9.17, 15) is 14.4 Å². The van der Waals surface area contributed by atoms with Crippen LogP contribution >= 0.6 is 0 Å². The number of para-hydroxylation sites is 3. The lowest BCUT2D eigenvalue weighted by Crippen LogP contribution is -2.52. The fourth-order valence-corrected chi connectivity index (χ4v) is 3.88. The zero-order chi connectivity index (χ0) is 24.8. The maximum atomic E-state index is 13.0. The quantitative estimate of drug-likeness (QED) is 0.542. The number of nitrogens with zero attached hydrogens (tertiary/aromatic N) is 2. The van der Waals surface area contributed by atoms with Crippen LogP contribution in [0.1, 0.15) is 18.1 Å². The Kier molecular flexibility index (Phi) is 7.30. The van der Waals surface area contributed by atoms with E-state index in [1.165, 1.54) is 9.80 Å². The fourth-order valence-electron chi connectivity index (χ4n) is 3.88. The average Bonchev–Trinajstić information content (AvgIpc) is 2.86. The second-order valence-electron chi connectivity index (χ2n) is 8.17. The lowest BCUT2D eigenvalue weighted by atomic mass is 10.1. The topological polar surface area (TPSA) is 91.0 Å². The molecule has 8 nitrogen and oxygen atoms in total. The van der Waals surface area contributed by atoms with Gasteiger partial charge >= 0.3 is 6.03 Å². The van der Waals surface area contributed by atoms with Crippen LogP contribution in [0, 0.1) is 6.92 Å². The van der Waals surface area contributed by atoms with Gasteiger partial charge in [-0.25, -0.2) is 4.79 Å². The predicted molar refractivity (Wildman–Crippen MR) is 136 cm³/mol. The van der Waals surface area contributed by atoms with Gasteiger partial charge in [0.1, 0.15) is 18.8 Å². The zero-order valence-electron chi connectivity index (χ0n) is 19.8. The van der Waals surface area contributed by atoms with Gasteiger partial charge in [0.2, 0.25) is 11.8 Å². The summed E-state index contributed by atoms with van der Waals surface area (Å²) in [7, 11) is 0. The molecule has 0 saturated heterocycles. The molecule has 4 rings (SSSR count). The van der Waals surface area contributed by atoms with Gasteiger partial charge in [0.15, 0.2) is 0 Å². The summed E-state index contributed by atoms with van der Waals surface area (Å²) in [6.07, 6.45) is 0. The Morgan fingerprint density at radius 2 is 1.63 bits per heavy atom. The molecule has 0 radical (unpaired) electrons. The van der Waals surface area contributed by atoms with Gasteiger partial charge < -0.3 is 15.4 Å². The Balaban J connectivity index is 1.46. The molecule has 35 heavy (non-hydrogen) atoms. The van der Waals surface area contributed by atoms with Crippen molar-refractivity contribution in [2.24, 2.45) is 0 Å². The number of carbonyl (C=O) groups is 3. The Labute approximate surface area is 204 Å². The number of ether oxygens (including phenoxy) is 1. The summed E-state index contributed by atoms with van der Waals surface area (Å²) in [6.45, 7) is 4.35. The Bertz CT molecular complexity index is 1230. The van der Waals surface area contributed by atoms with E-state index in [-0.39, 0.29) is 31.4 Å². The van der Waals surface area contributed by atoms with Crippen molar-refractivity contribution in [3.8, 4) is 5.75 Å². The largest absolute Gasteiger partial charge is 0.494 e. The number of aryl methyl sites for hydroxylation is 1. The van der Waals surface area contributed by atoms with Crippen molar-refractivity contribution < 1.29 is 19.1 Å². The molecule has 1 heterocycles. The number of urea groups is 1. The minimum atomic E-state index is -0.411. The van der Waals surface area contributed by atoms with Gasteiger partial charge in [-0.05, 0) is 44.2 Å². The van der Waals surface area contributed by atoms with Gasteiger partial charge in [0.05, 0.1) is 18.0 Å². The van der Waals surface area contributed by atoms with E-state index >= 15 is 0 Å². The van der Waals surface area contributed by atoms with Crippen LogP contribution in [0.25, 0.3) is 0 Å². The molecule has 0 atom stereocenters. The second-order valence-corrected chi connectivity index (χ2v) is 8.17. The van der Waals surface area contributed by atoms with Gasteiger partial charge in [-0.3, -0.25) is 19.4 Å². The summed E-state index contributed by atoms with van der Waals surface area (Å²) >= 11 is 0. The van der Waals surface area contributed by atoms with Crippen molar-refractivity contribution in [3.05, 3.63) is 83.9 Å². The lowest BCUT2D eigenvalue weighted by molar-refractivity contribution is -0.123. The average molecular weight is 473 g/mol. The molecule has 1 aliphatic heterocycles. The maximum Gasteiger partial charge on any atom is 0.326 e. The molecular formula is C27H28N4O4. The highest BCUT2D eigenvalue weighted by Gasteiger charge is 2.33. The first-order valence-electron chi connectivity index (χ1n) is 11.5. The molecule has 0 spiro atoms. The number of nitrogens with one attached hydrogen (secondary N) is 2. The lowest BCUT2D eigenvalue weighted by Gasteiger charge is -2.35. The van der Waals surface area contributed by atoms with Crippen LogP contribution < -0.4 is 25.2 Å². The van der Waals surface area contributed by atoms with Gasteiger partial charge in [0.25, 0.3) is 0 Å². The number of benzene rings is 3. The summed E-state index contributed by atoms with van der Waals surface area (Å²) < 4.78 is 5.61. The minimum absolute atomic E-state index is 0.153. The van der Waals surface area contributed by atoms with Gasteiger partial charge in [-0.15, -0.1) is 0 Å². The molecular weight excluding hydrogens is 444 g/mol. The second kappa shape index (κ2) is 10.7. The molecule has 0 unspecified atom stereocenters. The molecule has 0 bridgehead atoms. The molecule has 0 fully saturated rings. The first kappa shape index (κ1) is 23.8. The monoisotopic (exact) mass is 472 g/mol. The molecule has 1 aliphatic rings. The number of hydrogen-bond donors (Lipinski definition) is 2. The third-order valence-corrected chi connectivity index (χ3v) is 5.66. The Morgan fingerprint density at radius 1 is 0.943 bits per heavy atom. The first-order valence-corrected chi connectivity index (χ1v) is 11.5. The summed E-state index contributed by atoms with van der Waals surface area (Å²) in [5, 5.41) is 5.70. The third kappa shape index (κ3) is 5.60. The highest BCUT2D eigenvalue weighted by atomic mass is 16.5. The zero-order valence-corrected chi connectivity index (χ0v) is 19.8.